The summed E-state index contributed by atoms with van der Waals surface area (Å²) in [4.78, 5) is 11.1. The van der Waals surface area contributed by atoms with Gasteiger partial charge in [0.05, 0.1) is 0 Å². The van der Waals surface area contributed by atoms with Gasteiger partial charge in [0, 0.05) is 0 Å². The number of carboxylic acids is 1. The standard InChI is InChI=1S/C12H23NO2/c1-3-8-13-11(12(14)15)10-6-4-9(2)5-7-10/h9-11,13H,3-8H2,1-2H3,(H,14,15). The lowest BCUT2D eigenvalue weighted by molar-refractivity contribution is -0.141. The van der Waals surface area contributed by atoms with Crippen LogP contribution in [0.1, 0.15) is 46.0 Å². The minimum atomic E-state index is -0.678. The molecule has 0 aromatic carbocycles. The van der Waals surface area contributed by atoms with E-state index in [4.69, 9.17) is 5.11 Å². The molecule has 2 N–H and O–H groups in total. The van der Waals surface area contributed by atoms with Crippen LogP contribution in [0.3, 0.4) is 0 Å². The normalized spacial score (nSPS) is 28.7. The van der Waals surface area contributed by atoms with Gasteiger partial charge in [-0.3, -0.25) is 4.79 Å². The molecule has 1 atom stereocenters. The summed E-state index contributed by atoms with van der Waals surface area (Å²) < 4.78 is 0. The van der Waals surface area contributed by atoms with Crippen molar-refractivity contribution in [2.75, 3.05) is 6.54 Å². The molecule has 1 fully saturated rings. The number of carbonyl (C=O) groups is 1. The van der Waals surface area contributed by atoms with Crippen LogP contribution in [0.4, 0.5) is 0 Å². The maximum absolute atomic E-state index is 11.1. The molecule has 0 saturated heterocycles. The molecule has 0 spiro atoms. The fraction of sp³-hybridized carbons (Fsp3) is 0.917. The molecular weight excluding hydrogens is 190 g/mol. The largest absolute Gasteiger partial charge is 0.480 e. The van der Waals surface area contributed by atoms with Crippen LogP contribution in [0.2, 0.25) is 0 Å². The Morgan fingerprint density at radius 3 is 2.47 bits per heavy atom. The number of hydrogen-bond acceptors (Lipinski definition) is 2. The Morgan fingerprint density at radius 1 is 1.40 bits per heavy atom. The smallest absolute Gasteiger partial charge is 0.320 e. The average molecular weight is 213 g/mol. The molecule has 1 rings (SSSR count). The summed E-state index contributed by atoms with van der Waals surface area (Å²) in [5.74, 6) is 0.440. The number of rotatable bonds is 5. The Bertz CT molecular complexity index is 198. The Morgan fingerprint density at radius 2 is 2.00 bits per heavy atom. The summed E-state index contributed by atoms with van der Waals surface area (Å²) in [6, 6.07) is -0.322. The van der Waals surface area contributed by atoms with E-state index >= 15 is 0 Å². The van der Waals surface area contributed by atoms with Gasteiger partial charge in [-0.25, -0.2) is 0 Å². The van der Waals surface area contributed by atoms with Crippen LogP contribution < -0.4 is 5.32 Å². The first-order valence-electron chi connectivity index (χ1n) is 6.11. The quantitative estimate of drug-likeness (QED) is 0.736. The molecule has 0 aromatic rings. The van der Waals surface area contributed by atoms with Gasteiger partial charge in [-0.1, -0.05) is 26.7 Å². The van der Waals surface area contributed by atoms with E-state index in [1.807, 2.05) is 0 Å². The van der Waals surface area contributed by atoms with Gasteiger partial charge < -0.3 is 10.4 Å². The van der Waals surface area contributed by atoms with Crippen molar-refractivity contribution < 1.29 is 9.90 Å². The minimum Gasteiger partial charge on any atom is -0.480 e. The van der Waals surface area contributed by atoms with Crippen molar-refractivity contribution in [2.24, 2.45) is 11.8 Å². The van der Waals surface area contributed by atoms with Crippen LogP contribution >= 0.6 is 0 Å². The molecule has 3 nitrogen and oxygen atoms in total. The first kappa shape index (κ1) is 12.5. The van der Waals surface area contributed by atoms with Gasteiger partial charge >= 0.3 is 5.97 Å². The molecule has 1 aliphatic carbocycles. The second kappa shape index (κ2) is 6.11. The molecule has 1 aliphatic rings. The van der Waals surface area contributed by atoms with Gasteiger partial charge in [-0.2, -0.15) is 0 Å². The van der Waals surface area contributed by atoms with Crippen molar-refractivity contribution in [1.82, 2.24) is 5.32 Å². The van der Waals surface area contributed by atoms with Crippen molar-refractivity contribution in [2.45, 2.75) is 52.0 Å². The van der Waals surface area contributed by atoms with Crippen molar-refractivity contribution in [1.29, 1.82) is 0 Å². The van der Waals surface area contributed by atoms with Gasteiger partial charge in [-0.15, -0.1) is 0 Å². The van der Waals surface area contributed by atoms with Crippen LogP contribution in [-0.2, 0) is 4.79 Å². The van der Waals surface area contributed by atoms with Gasteiger partial charge in [0.1, 0.15) is 6.04 Å². The van der Waals surface area contributed by atoms with Crippen LogP contribution in [0.15, 0.2) is 0 Å². The number of aliphatic carboxylic acids is 1. The zero-order chi connectivity index (χ0) is 11.3. The summed E-state index contributed by atoms with van der Waals surface area (Å²) in [5, 5.41) is 12.3. The summed E-state index contributed by atoms with van der Waals surface area (Å²) in [6.45, 7) is 5.13. The highest BCUT2D eigenvalue weighted by Gasteiger charge is 2.30. The molecule has 15 heavy (non-hydrogen) atoms. The van der Waals surface area contributed by atoms with Gasteiger partial charge in [-0.05, 0) is 37.6 Å². The minimum absolute atomic E-state index is 0.322. The summed E-state index contributed by atoms with van der Waals surface area (Å²) in [6.07, 6.45) is 5.49. The SMILES string of the molecule is CCCNC(C(=O)O)C1CCC(C)CC1. The Balaban J connectivity index is 2.44. The Labute approximate surface area is 92.3 Å². The number of carboxylic acid groups (broad SMARTS) is 1. The monoisotopic (exact) mass is 213 g/mol. The summed E-state index contributed by atoms with van der Waals surface area (Å²) in [7, 11) is 0. The molecule has 1 saturated carbocycles. The highest BCUT2D eigenvalue weighted by molar-refractivity contribution is 5.73. The summed E-state index contributed by atoms with van der Waals surface area (Å²) >= 11 is 0. The number of hydrogen-bond donors (Lipinski definition) is 2. The first-order valence-corrected chi connectivity index (χ1v) is 6.11. The van der Waals surface area contributed by atoms with Crippen molar-refractivity contribution in [3.8, 4) is 0 Å². The number of nitrogens with one attached hydrogen (secondary N) is 1. The molecule has 0 bridgehead atoms. The average Bonchev–Trinajstić information content (AvgIpc) is 2.21. The molecule has 0 aromatic heterocycles. The molecule has 3 heteroatoms. The lowest BCUT2D eigenvalue weighted by Crippen LogP contribution is -2.44. The third-order valence-electron chi connectivity index (χ3n) is 3.41. The molecule has 0 amide bonds. The lowest BCUT2D eigenvalue weighted by Gasteiger charge is -2.30. The highest BCUT2D eigenvalue weighted by atomic mass is 16.4. The second-order valence-electron chi connectivity index (χ2n) is 4.79. The van der Waals surface area contributed by atoms with Gasteiger partial charge in [0.15, 0.2) is 0 Å². The van der Waals surface area contributed by atoms with Crippen molar-refractivity contribution >= 4 is 5.97 Å². The second-order valence-corrected chi connectivity index (χ2v) is 4.79. The van der Waals surface area contributed by atoms with Crippen LogP contribution in [0.5, 0.6) is 0 Å². The lowest BCUT2D eigenvalue weighted by atomic mass is 9.79. The molecular formula is C12H23NO2. The highest BCUT2D eigenvalue weighted by Crippen LogP contribution is 2.30. The van der Waals surface area contributed by atoms with E-state index in [0.717, 1.165) is 31.7 Å². The van der Waals surface area contributed by atoms with Crippen LogP contribution in [0.25, 0.3) is 0 Å². The summed E-state index contributed by atoms with van der Waals surface area (Å²) in [5.41, 5.74) is 0. The molecule has 1 unspecified atom stereocenters. The first-order chi connectivity index (χ1) is 7.15. The van der Waals surface area contributed by atoms with Crippen molar-refractivity contribution in [3.63, 3.8) is 0 Å². The van der Waals surface area contributed by atoms with E-state index in [9.17, 15) is 4.79 Å². The third kappa shape index (κ3) is 3.82. The maximum Gasteiger partial charge on any atom is 0.320 e. The molecule has 0 heterocycles. The van der Waals surface area contributed by atoms with Gasteiger partial charge in [0.25, 0.3) is 0 Å². The molecule has 88 valence electrons. The maximum atomic E-state index is 11.1. The van der Waals surface area contributed by atoms with E-state index in [0.29, 0.717) is 5.92 Å². The Hall–Kier alpha value is -0.570. The zero-order valence-electron chi connectivity index (χ0n) is 9.83. The molecule has 0 radical (unpaired) electrons. The van der Waals surface area contributed by atoms with E-state index in [2.05, 4.69) is 19.2 Å². The predicted molar refractivity (Wildman–Crippen MR) is 60.8 cm³/mol. The fourth-order valence-electron chi connectivity index (χ4n) is 2.37. The zero-order valence-corrected chi connectivity index (χ0v) is 9.83. The molecule has 0 aliphatic heterocycles. The fourth-order valence-corrected chi connectivity index (χ4v) is 2.37. The van der Waals surface area contributed by atoms with E-state index in [1.54, 1.807) is 0 Å². The predicted octanol–water partition coefficient (Wildman–Crippen LogP) is 2.27. The van der Waals surface area contributed by atoms with E-state index < -0.39 is 5.97 Å². The van der Waals surface area contributed by atoms with Crippen LogP contribution in [0, 0.1) is 11.8 Å². The van der Waals surface area contributed by atoms with E-state index in [1.165, 1.54) is 12.8 Å². The van der Waals surface area contributed by atoms with Gasteiger partial charge in [0.2, 0.25) is 0 Å². The third-order valence-corrected chi connectivity index (χ3v) is 3.41. The van der Waals surface area contributed by atoms with E-state index in [-0.39, 0.29) is 6.04 Å². The van der Waals surface area contributed by atoms with Crippen molar-refractivity contribution in [3.05, 3.63) is 0 Å². The Kier molecular flexibility index (Phi) is 5.09. The van der Waals surface area contributed by atoms with Crippen LogP contribution in [-0.4, -0.2) is 23.7 Å². The topological polar surface area (TPSA) is 49.3 Å².